The fourth-order valence-electron chi connectivity index (χ4n) is 3.21. The molecular formula is C21H29N3O6S2. The summed E-state index contributed by atoms with van der Waals surface area (Å²) in [5.74, 6) is -0.414. The smallest absolute Gasteiger partial charge is 0.245 e. The number of nitrogens with one attached hydrogen (secondary N) is 2. The van der Waals surface area contributed by atoms with Gasteiger partial charge in [0.05, 0.1) is 29.6 Å². The molecule has 0 unspecified atom stereocenters. The van der Waals surface area contributed by atoms with Crippen LogP contribution >= 0.6 is 0 Å². The van der Waals surface area contributed by atoms with Gasteiger partial charge >= 0.3 is 0 Å². The predicted molar refractivity (Wildman–Crippen MR) is 125 cm³/mol. The van der Waals surface area contributed by atoms with E-state index in [1.807, 2.05) is 0 Å². The van der Waals surface area contributed by atoms with Gasteiger partial charge in [-0.1, -0.05) is 18.2 Å². The number of anilines is 2. The molecular weight excluding hydrogens is 454 g/mol. The highest BCUT2D eigenvalue weighted by Crippen LogP contribution is 2.29. The number of methoxy groups -OCH3 is 1. The van der Waals surface area contributed by atoms with Crippen LogP contribution in [0.1, 0.15) is 25.0 Å². The Bertz CT molecular complexity index is 1190. The maximum Gasteiger partial charge on any atom is 0.245 e. The average Bonchev–Trinajstić information content (AvgIpc) is 2.65. The number of sulfonamides is 2. The molecule has 0 bridgehead atoms. The van der Waals surface area contributed by atoms with Crippen LogP contribution in [0.15, 0.2) is 41.3 Å². The molecule has 2 aromatic rings. The number of hydrogen-bond donors (Lipinski definition) is 2. The Morgan fingerprint density at radius 1 is 1.06 bits per heavy atom. The lowest BCUT2D eigenvalue weighted by atomic mass is 10.1. The van der Waals surface area contributed by atoms with Gasteiger partial charge in [0.1, 0.15) is 12.3 Å². The van der Waals surface area contributed by atoms with Gasteiger partial charge in [0.15, 0.2) is 0 Å². The quantitative estimate of drug-likeness (QED) is 0.565. The highest BCUT2D eigenvalue weighted by Gasteiger charge is 2.25. The highest BCUT2D eigenvalue weighted by atomic mass is 32.2. The Morgan fingerprint density at radius 3 is 2.16 bits per heavy atom. The lowest BCUT2D eigenvalue weighted by molar-refractivity contribution is -0.114. The minimum atomic E-state index is -3.81. The molecule has 0 aliphatic carbocycles. The van der Waals surface area contributed by atoms with Gasteiger partial charge in [-0.2, -0.15) is 0 Å². The van der Waals surface area contributed by atoms with Gasteiger partial charge in [-0.3, -0.25) is 9.10 Å². The van der Waals surface area contributed by atoms with E-state index in [2.05, 4.69) is 10.0 Å². The summed E-state index contributed by atoms with van der Waals surface area (Å²) in [5, 5.41) is 2.58. The number of benzene rings is 2. The Balaban J connectivity index is 2.39. The SMILES string of the molecule is COc1ccc(S(=O)(=O)NC(C)C)cc1NC(=O)CN(c1c(C)cccc1C)S(C)(=O)=O. The van der Waals surface area contributed by atoms with Crippen molar-refractivity contribution in [2.75, 3.05) is 29.5 Å². The molecule has 0 atom stereocenters. The maximum absolute atomic E-state index is 12.8. The standard InChI is InChI=1S/C21H29N3O6S2/c1-14(2)23-32(28,29)17-10-11-19(30-5)18(12-17)22-20(25)13-24(31(6,26)27)21-15(3)8-7-9-16(21)4/h7-12,14,23H,13H2,1-6H3,(H,22,25). The maximum atomic E-state index is 12.8. The first-order chi connectivity index (χ1) is 14.8. The third-order valence-electron chi connectivity index (χ3n) is 4.52. The number of carbonyl (C=O) groups is 1. The first kappa shape index (κ1) is 25.6. The largest absolute Gasteiger partial charge is 0.495 e. The van der Waals surface area contributed by atoms with Crippen molar-refractivity contribution >= 4 is 37.3 Å². The summed E-state index contributed by atoms with van der Waals surface area (Å²) in [6, 6.07) is 9.06. The highest BCUT2D eigenvalue weighted by molar-refractivity contribution is 7.92. The topological polar surface area (TPSA) is 122 Å². The molecule has 1 amide bonds. The molecule has 32 heavy (non-hydrogen) atoms. The summed E-state index contributed by atoms with van der Waals surface area (Å²) in [7, 11) is -6.20. The molecule has 9 nitrogen and oxygen atoms in total. The Morgan fingerprint density at radius 2 is 1.66 bits per heavy atom. The number of para-hydroxylation sites is 1. The van der Waals surface area contributed by atoms with Crippen LogP contribution in [0, 0.1) is 13.8 Å². The van der Waals surface area contributed by atoms with E-state index in [4.69, 9.17) is 4.74 Å². The van der Waals surface area contributed by atoms with Gasteiger partial charge in [-0.05, 0) is 57.0 Å². The molecule has 0 radical (unpaired) electrons. The van der Waals surface area contributed by atoms with Crippen molar-refractivity contribution in [2.45, 2.75) is 38.6 Å². The van der Waals surface area contributed by atoms with Crippen LogP contribution in [-0.2, 0) is 24.8 Å². The molecule has 0 saturated heterocycles. The van der Waals surface area contributed by atoms with Gasteiger partial charge in [-0.15, -0.1) is 0 Å². The minimum Gasteiger partial charge on any atom is -0.495 e. The average molecular weight is 484 g/mol. The summed E-state index contributed by atoms with van der Waals surface area (Å²) < 4.78 is 58.7. The molecule has 2 N–H and O–H groups in total. The van der Waals surface area contributed by atoms with Gasteiger partial charge < -0.3 is 10.1 Å². The summed E-state index contributed by atoms with van der Waals surface area (Å²) >= 11 is 0. The Hall–Kier alpha value is -2.63. The number of hydrogen-bond acceptors (Lipinski definition) is 6. The molecule has 2 rings (SSSR count). The van der Waals surface area contributed by atoms with E-state index in [0.717, 1.165) is 10.6 Å². The van der Waals surface area contributed by atoms with Crippen LogP contribution in [0.2, 0.25) is 0 Å². The first-order valence-corrected chi connectivity index (χ1v) is 13.1. The number of nitrogens with zero attached hydrogens (tertiary/aromatic N) is 1. The predicted octanol–water partition coefficient (Wildman–Crippen LogP) is 2.40. The molecule has 0 spiro atoms. The van der Waals surface area contributed by atoms with E-state index in [1.165, 1.54) is 25.3 Å². The van der Waals surface area contributed by atoms with Crippen molar-refractivity contribution in [3.63, 3.8) is 0 Å². The number of ether oxygens (including phenoxy) is 1. The molecule has 0 aromatic heterocycles. The van der Waals surface area contributed by atoms with Gasteiger partial charge in [-0.25, -0.2) is 21.6 Å². The van der Waals surface area contributed by atoms with Gasteiger partial charge in [0.25, 0.3) is 0 Å². The monoisotopic (exact) mass is 483 g/mol. The van der Waals surface area contributed by atoms with Crippen LogP contribution in [-0.4, -0.2) is 48.7 Å². The molecule has 0 fully saturated rings. The molecule has 0 saturated carbocycles. The zero-order valence-electron chi connectivity index (χ0n) is 19.0. The van der Waals surface area contributed by atoms with Crippen LogP contribution in [0.4, 0.5) is 11.4 Å². The normalized spacial score (nSPS) is 12.0. The minimum absolute atomic E-state index is 0.0583. The Kier molecular flexibility index (Phi) is 7.92. The van der Waals surface area contributed by atoms with E-state index < -0.39 is 32.5 Å². The molecule has 2 aromatic carbocycles. The number of amides is 1. The van der Waals surface area contributed by atoms with Crippen molar-refractivity contribution < 1.29 is 26.4 Å². The van der Waals surface area contributed by atoms with Crippen LogP contribution < -0.4 is 19.1 Å². The number of rotatable bonds is 9. The molecule has 176 valence electrons. The lowest BCUT2D eigenvalue weighted by Gasteiger charge is -2.25. The summed E-state index contributed by atoms with van der Waals surface area (Å²) in [6.07, 6.45) is 1.03. The third-order valence-corrected chi connectivity index (χ3v) is 7.29. The van der Waals surface area contributed by atoms with Gasteiger partial charge in [0, 0.05) is 6.04 Å². The van der Waals surface area contributed by atoms with Crippen molar-refractivity contribution in [3.05, 3.63) is 47.5 Å². The van der Waals surface area contributed by atoms with Gasteiger partial charge in [0.2, 0.25) is 26.0 Å². The van der Waals surface area contributed by atoms with E-state index >= 15 is 0 Å². The van der Waals surface area contributed by atoms with Crippen LogP contribution in [0.25, 0.3) is 0 Å². The lowest BCUT2D eigenvalue weighted by Crippen LogP contribution is -2.38. The van der Waals surface area contributed by atoms with E-state index in [0.29, 0.717) is 16.8 Å². The fourth-order valence-corrected chi connectivity index (χ4v) is 5.46. The molecule has 0 aliphatic rings. The van der Waals surface area contributed by atoms with Crippen molar-refractivity contribution in [2.24, 2.45) is 0 Å². The molecule has 0 aliphatic heterocycles. The molecule has 11 heteroatoms. The van der Waals surface area contributed by atoms with Crippen molar-refractivity contribution in [1.82, 2.24) is 4.72 Å². The van der Waals surface area contributed by atoms with E-state index in [9.17, 15) is 21.6 Å². The fraction of sp³-hybridized carbons (Fsp3) is 0.381. The second-order valence-corrected chi connectivity index (χ2v) is 11.3. The van der Waals surface area contributed by atoms with Crippen molar-refractivity contribution in [3.8, 4) is 5.75 Å². The second kappa shape index (κ2) is 9.88. The summed E-state index contributed by atoms with van der Waals surface area (Å²) in [4.78, 5) is 12.8. The summed E-state index contributed by atoms with van der Waals surface area (Å²) in [6.45, 7) is 6.41. The van der Waals surface area contributed by atoms with E-state index in [-0.39, 0.29) is 22.4 Å². The van der Waals surface area contributed by atoms with Crippen molar-refractivity contribution in [1.29, 1.82) is 0 Å². The van der Waals surface area contributed by atoms with E-state index in [1.54, 1.807) is 45.9 Å². The first-order valence-electron chi connectivity index (χ1n) is 9.80. The van der Waals surface area contributed by atoms with Crippen LogP contribution in [0.3, 0.4) is 0 Å². The number of aryl methyl sites for hydroxylation is 2. The zero-order valence-corrected chi connectivity index (χ0v) is 20.6. The number of carbonyl (C=O) groups excluding carboxylic acids is 1. The zero-order chi connectivity index (χ0) is 24.3. The third kappa shape index (κ3) is 6.21. The second-order valence-electron chi connectivity index (χ2n) is 7.70. The van der Waals surface area contributed by atoms with Crippen LogP contribution in [0.5, 0.6) is 5.75 Å². The Labute approximate surface area is 189 Å². The summed E-state index contributed by atoms with van der Waals surface area (Å²) in [5.41, 5.74) is 1.94. The molecule has 0 heterocycles.